The normalized spacial score (nSPS) is 24.2. The maximum atomic E-state index is 9.87. The van der Waals surface area contributed by atoms with Gasteiger partial charge in [-0.05, 0) is 55.5 Å². The van der Waals surface area contributed by atoms with Gasteiger partial charge in [-0.15, -0.1) is 0 Å². The lowest BCUT2D eigenvalue weighted by atomic mass is 9.95. The number of oxime groups is 1. The molecule has 0 radical (unpaired) electrons. The molecule has 1 aliphatic rings. The smallest absolute Gasteiger partial charge is 0.124 e. The van der Waals surface area contributed by atoms with E-state index < -0.39 is 0 Å². The van der Waals surface area contributed by atoms with Crippen LogP contribution in [0.15, 0.2) is 29.4 Å². The van der Waals surface area contributed by atoms with Crippen molar-refractivity contribution in [3.63, 3.8) is 0 Å². The summed E-state index contributed by atoms with van der Waals surface area (Å²) in [6.07, 6.45) is 4.12. The van der Waals surface area contributed by atoms with Crippen molar-refractivity contribution in [2.24, 2.45) is 5.16 Å². The summed E-state index contributed by atoms with van der Waals surface area (Å²) in [5.74, 6) is 0.753. The van der Waals surface area contributed by atoms with Crippen LogP contribution in [0.1, 0.15) is 44.6 Å². The molecule has 1 fully saturated rings. The van der Waals surface area contributed by atoms with Crippen LogP contribution in [0.25, 0.3) is 0 Å². The molecule has 1 aromatic carbocycles. The fourth-order valence-corrected chi connectivity index (χ4v) is 2.45. The molecule has 2 N–H and O–H groups in total. The molecule has 0 heterocycles. The van der Waals surface area contributed by atoms with Gasteiger partial charge < -0.3 is 15.1 Å². The first-order chi connectivity index (χ1) is 9.24. The van der Waals surface area contributed by atoms with Crippen molar-refractivity contribution >= 4 is 5.71 Å². The summed E-state index contributed by atoms with van der Waals surface area (Å²) in [6.45, 7) is 1.94. The summed E-state index contributed by atoms with van der Waals surface area (Å²) >= 11 is 0. The van der Waals surface area contributed by atoms with Gasteiger partial charge in [0.15, 0.2) is 0 Å². The number of aliphatic hydroxyl groups excluding tert-OH is 1. The Labute approximate surface area is 113 Å². The highest BCUT2D eigenvalue weighted by Crippen LogP contribution is 2.24. The predicted molar refractivity (Wildman–Crippen MR) is 73.9 cm³/mol. The first-order valence-corrected chi connectivity index (χ1v) is 6.90. The Bertz CT molecular complexity index is 428. The summed E-state index contributed by atoms with van der Waals surface area (Å²) in [7, 11) is 0. The van der Waals surface area contributed by atoms with Crippen LogP contribution in [0.3, 0.4) is 0 Å². The van der Waals surface area contributed by atoms with Crippen molar-refractivity contribution in [2.45, 2.75) is 51.2 Å². The second-order valence-electron chi connectivity index (χ2n) is 4.93. The predicted octanol–water partition coefficient (Wildman–Crippen LogP) is 2.96. The third kappa shape index (κ3) is 3.47. The number of hydrogen-bond donors (Lipinski definition) is 2. The maximum absolute atomic E-state index is 9.87. The molecule has 0 spiro atoms. The molecule has 104 valence electrons. The van der Waals surface area contributed by atoms with Crippen LogP contribution < -0.4 is 4.74 Å². The lowest BCUT2D eigenvalue weighted by Gasteiger charge is -2.28. The minimum absolute atomic E-state index is 0.100. The molecule has 0 aliphatic heterocycles. The number of ether oxygens (including phenoxy) is 1. The summed E-state index contributed by atoms with van der Waals surface area (Å²) in [4.78, 5) is 0. The highest BCUT2D eigenvalue weighted by molar-refractivity contribution is 6.00. The van der Waals surface area contributed by atoms with Crippen LogP contribution in [0.4, 0.5) is 0 Å². The van der Waals surface area contributed by atoms with E-state index in [4.69, 9.17) is 9.94 Å². The van der Waals surface area contributed by atoms with Gasteiger partial charge in [0.1, 0.15) is 11.9 Å². The van der Waals surface area contributed by atoms with Gasteiger partial charge in [-0.3, -0.25) is 0 Å². The number of nitrogens with zero attached hydrogens (tertiary/aromatic N) is 1. The Balaban J connectivity index is 2.02. The molecule has 1 aliphatic carbocycles. The zero-order valence-electron chi connectivity index (χ0n) is 11.2. The van der Waals surface area contributed by atoms with E-state index in [1.54, 1.807) is 0 Å². The summed E-state index contributed by atoms with van der Waals surface area (Å²) in [6, 6.07) is 7.47. The molecule has 0 amide bonds. The van der Waals surface area contributed by atoms with E-state index in [0.29, 0.717) is 12.1 Å². The van der Waals surface area contributed by atoms with E-state index >= 15 is 0 Å². The van der Waals surface area contributed by atoms with Gasteiger partial charge in [-0.25, -0.2) is 0 Å². The average molecular weight is 263 g/mol. The van der Waals surface area contributed by atoms with Crippen molar-refractivity contribution in [3.8, 4) is 5.75 Å². The summed E-state index contributed by atoms with van der Waals surface area (Å²) in [5.41, 5.74) is 1.55. The van der Waals surface area contributed by atoms with Gasteiger partial charge in [0.05, 0.1) is 11.8 Å². The van der Waals surface area contributed by atoms with Gasteiger partial charge in [0, 0.05) is 0 Å². The van der Waals surface area contributed by atoms with E-state index in [1.165, 1.54) is 0 Å². The van der Waals surface area contributed by atoms with Gasteiger partial charge in [0.25, 0.3) is 0 Å². The largest absolute Gasteiger partial charge is 0.488 e. The molecule has 1 saturated carbocycles. The van der Waals surface area contributed by atoms with Crippen LogP contribution in [0, 0.1) is 0 Å². The maximum Gasteiger partial charge on any atom is 0.124 e. The molecule has 4 nitrogen and oxygen atoms in total. The Morgan fingerprint density at radius 2 is 1.95 bits per heavy atom. The van der Waals surface area contributed by atoms with Crippen LogP contribution in [-0.4, -0.2) is 28.2 Å². The van der Waals surface area contributed by atoms with Crippen LogP contribution in [-0.2, 0) is 0 Å². The Hall–Kier alpha value is -1.55. The van der Waals surface area contributed by atoms with Gasteiger partial charge in [0.2, 0.25) is 0 Å². The molecule has 1 aromatic rings. The second kappa shape index (κ2) is 6.57. The lowest BCUT2D eigenvalue weighted by Crippen LogP contribution is -2.34. The first-order valence-electron chi connectivity index (χ1n) is 6.90. The van der Waals surface area contributed by atoms with Crippen molar-refractivity contribution in [2.75, 3.05) is 0 Å². The van der Waals surface area contributed by atoms with Gasteiger partial charge >= 0.3 is 0 Å². The average Bonchev–Trinajstić information content (AvgIpc) is 2.44. The van der Waals surface area contributed by atoms with E-state index in [9.17, 15) is 5.11 Å². The molecule has 0 bridgehead atoms. The van der Waals surface area contributed by atoms with E-state index in [0.717, 1.165) is 37.0 Å². The highest BCUT2D eigenvalue weighted by Gasteiger charge is 2.24. The fraction of sp³-hybridized carbons (Fsp3) is 0.533. The molecule has 2 atom stereocenters. The van der Waals surface area contributed by atoms with Crippen LogP contribution in [0.5, 0.6) is 5.75 Å². The van der Waals surface area contributed by atoms with Crippen molar-refractivity contribution in [1.82, 2.24) is 0 Å². The molecule has 0 saturated heterocycles. The first kappa shape index (κ1) is 13.9. The van der Waals surface area contributed by atoms with Crippen LogP contribution >= 0.6 is 0 Å². The Morgan fingerprint density at radius 3 is 2.53 bits per heavy atom. The van der Waals surface area contributed by atoms with Crippen molar-refractivity contribution in [3.05, 3.63) is 29.8 Å². The molecule has 19 heavy (non-hydrogen) atoms. The molecule has 2 unspecified atom stereocenters. The number of aliphatic hydroxyl groups is 1. The lowest BCUT2D eigenvalue weighted by molar-refractivity contribution is 0.00687. The minimum Gasteiger partial charge on any atom is -0.488 e. The zero-order valence-corrected chi connectivity index (χ0v) is 11.2. The number of hydrogen-bond acceptors (Lipinski definition) is 4. The Morgan fingerprint density at radius 1 is 1.26 bits per heavy atom. The minimum atomic E-state index is -0.362. The molecular weight excluding hydrogens is 242 g/mol. The summed E-state index contributed by atoms with van der Waals surface area (Å²) in [5, 5.41) is 22.0. The SMILES string of the molecule is CC/C(=N\O)c1ccc(OC2CCCCC2O)cc1. The van der Waals surface area contributed by atoms with E-state index in [2.05, 4.69) is 5.16 Å². The van der Waals surface area contributed by atoms with Crippen molar-refractivity contribution < 1.29 is 15.1 Å². The number of rotatable bonds is 4. The quantitative estimate of drug-likeness (QED) is 0.499. The van der Waals surface area contributed by atoms with Crippen LogP contribution in [0.2, 0.25) is 0 Å². The standard InChI is InChI=1S/C15H21NO3/c1-2-13(16-18)11-7-9-12(10-8-11)19-15-6-4-3-5-14(15)17/h7-10,14-15,17-18H,2-6H2,1H3/b16-13+. The third-order valence-electron chi connectivity index (χ3n) is 3.60. The molecule has 2 rings (SSSR count). The molecular formula is C15H21NO3. The fourth-order valence-electron chi connectivity index (χ4n) is 2.45. The van der Waals surface area contributed by atoms with Crippen molar-refractivity contribution in [1.29, 1.82) is 0 Å². The number of benzene rings is 1. The topological polar surface area (TPSA) is 62.1 Å². The molecule has 0 aromatic heterocycles. The second-order valence-corrected chi connectivity index (χ2v) is 4.93. The van der Waals surface area contributed by atoms with E-state index in [1.807, 2.05) is 31.2 Å². The van der Waals surface area contributed by atoms with Gasteiger partial charge in [-0.1, -0.05) is 18.5 Å². The molecule has 4 heteroatoms. The highest BCUT2D eigenvalue weighted by atomic mass is 16.5. The monoisotopic (exact) mass is 263 g/mol. The van der Waals surface area contributed by atoms with E-state index in [-0.39, 0.29) is 12.2 Å². The third-order valence-corrected chi connectivity index (χ3v) is 3.60. The zero-order chi connectivity index (χ0) is 13.7. The summed E-state index contributed by atoms with van der Waals surface area (Å²) < 4.78 is 5.82. The Kier molecular flexibility index (Phi) is 4.80. The van der Waals surface area contributed by atoms with Gasteiger partial charge in [-0.2, -0.15) is 0 Å².